The molecule has 7 nitrogen and oxygen atoms in total. The van der Waals surface area contributed by atoms with Crippen LogP contribution in [0.3, 0.4) is 0 Å². The quantitative estimate of drug-likeness (QED) is 0.637. The van der Waals surface area contributed by atoms with Gasteiger partial charge in [-0.1, -0.05) is 48.5 Å². The monoisotopic (exact) mass is 459 g/mol. The average molecular weight is 460 g/mol. The lowest BCUT2D eigenvalue weighted by Gasteiger charge is -2.37. The van der Waals surface area contributed by atoms with Crippen LogP contribution in [0.1, 0.15) is 50.7 Å². The summed E-state index contributed by atoms with van der Waals surface area (Å²) >= 11 is 0. The number of ether oxygens (including phenoxy) is 1. The van der Waals surface area contributed by atoms with E-state index in [1.807, 2.05) is 75.4 Å². The van der Waals surface area contributed by atoms with E-state index in [0.29, 0.717) is 25.9 Å². The molecule has 0 saturated carbocycles. The van der Waals surface area contributed by atoms with Crippen LogP contribution in [-0.2, 0) is 20.9 Å². The molecule has 2 saturated heterocycles. The second-order valence-electron chi connectivity index (χ2n) is 10.1. The summed E-state index contributed by atoms with van der Waals surface area (Å²) in [6.45, 7) is 6.26. The maximum Gasteiger partial charge on any atom is 0.419 e. The number of benzene rings is 2. The van der Waals surface area contributed by atoms with E-state index in [2.05, 4.69) is 5.32 Å². The average Bonchev–Trinajstić information content (AvgIpc) is 3.44. The summed E-state index contributed by atoms with van der Waals surface area (Å²) in [5, 5.41) is 3.90. The highest BCUT2D eigenvalue weighted by atomic mass is 16.6. The Balaban J connectivity index is 1.61. The first kappa shape index (κ1) is 22.2. The summed E-state index contributed by atoms with van der Waals surface area (Å²) in [5.41, 5.74) is 0.939. The molecule has 0 bridgehead atoms. The number of rotatable bonds is 3. The van der Waals surface area contributed by atoms with Crippen molar-refractivity contribution in [3.05, 3.63) is 71.9 Å². The Bertz CT molecular complexity index is 1270. The van der Waals surface area contributed by atoms with Crippen LogP contribution < -0.4 is 5.32 Å². The van der Waals surface area contributed by atoms with E-state index in [4.69, 9.17) is 4.74 Å². The zero-order valence-electron chi connectivity index (χ0n) is 19.7. The van der Waals surface area contributed by atoms with Gasteiger partial charge in [-0.05, 0) is 44.4 Å². The van der Waals surface area contributed by atoms with Crippen LogP contribution in [-0.4, -0.2) is 45.1 Å². The van der Waals surface area contributed by atoms with Crippen molar-refractivity contribution in [2.24, 2.45) is 0 Å². The number of amides is 2. The van der Waals surface area contributed by atoms with Crippen molar-refractivity contribution in [3.8, 4) is 0 Å². The number of nitrogens with one attached hydrogen (secondary N) is 1. The van der Waals surface area contributed by atoms with Crippen molar-refractivity contribution < 1.29 is 19.1 Å². The fourth-order valence-electron chi connectivity index (χ4n) is 5.37. The first-order valence-corrected chi connectivity index (χ1v) is 11.7. The summed E-state index contributed by atoms with van der Waals surface area (Å²) < 4.78 is 7.16. The molecule has 0 aliphatic carbocycles. The van der Waals surface area contributed by atoms with Crippen molar-refractivity contribution in [2.45, 2.75) is 57.2 Å². The zero-order valence-corrected chi connectivity index (χ0v) is 19.7. The molecule has 0 unspecified atom stereocenters. The van der Waals surface area contributed by atoms with Gasteiger partial charge in [-0.3, -0.25) is 14.2 Å². The van der Waals surface area contributed by atoms with Gasteiger partial charge in [0.1, 0.15) is 11.1 Å². The minimum absolute atomic E-state index is 0.0261. The van der Waals surface area contributed by atoms with Crippen molar-refractivity contribution in [2.75, 3.05) is 6.54 Å². The Kier molecular flexibility index (Phi) is 5.23. The van der Waals surface area contributed by atoms with Crippen LogP contribution in [0.2, 0.25) is 0 Å². The highest BCUT2D eigenvalue weighted by Gasteiger charge is 2.60. The Hall–Kier alpha value is -3.61. The molecule has 1 N–H and O–H groups in total. The van der Waals surface area contributed by atoms with Gasteiger partial charge in [-0.25, -0.2) is 4.79 Å². The summed E-state index contributed by atoms with van der Waals surface area (Å²) in [7, 11) is 0. The van der Waals surface area contributed by atoms with Crippen LogP contribution in [0.25, 0.3) is 10.9 Å². The Morgan fingerprint density at radius 3 is 2.53 bits per heavy atom. The molecular weight excluding hydrogens is 430 g/mol. The zero-order chi connectivity index (χ0) is 24.1. The first-order valence-electron chi connectivity index (χ1n) is 11.7. The molecule has 2 aliphatic heterocycles. The van der Waals surface area contributed by atoms with Gasteiger partial charge < -0.3 is 15.0 Å². The fourth-order valence-corrected chi connectivity index (χ4v) is 5.37. The Labute approximate surface area is 198 Å². The molecule has 2 atom stereocenters. The lowest BCUT2D eigenvalue weighted by atomic mass is 9.79. The third-order valence-corrected chi connectivity index (χ3v) is 6.83. The second kappa shape index (κ2) is 8.01. The van der Waals surface area contributed by atoms with Crippen LogP contribution in [0.4, 0.5) is 4.79 Å². The minimum Gasteiger partial charge on any atom is -0.443 e. The fraction of sp³-hybridized carbons (Fsp3) is 0.370. The molecule has 2 fully saturated rings. The Morgan fingerprint density at radius 1 is 1.09 bits per heavy atom. The molecule has 1 aromatic heterocycles. The highest BCUT2D eigenvalue weighted by molar-refractivity contribution is 6.00. The van der Waals surface area contributed by atoms with E-state index in [-0.39, 0.29) is 17.7 Å². The predicted octanol–water partition coefficient (Wildman–Crippen LogP) is 4.20. The Morgan fingerprint density at radius 2 is 1.79 bits per heavy atom. The van der Waals surface area contributed by atoms with Gasteiger partial charge in [-0.15, -0.1) is 0 Å². The summed E-state index contributed by atoms with van der Waals surface area (Å²) in [5.74, 6) is -0.445. The molecule has 2 aromatic carbocycles. The summed E-state index contributed by atoms with van der Waals surface area (Å²) in [6, 6.07) is 17.4. The van der Waals surface area contributed by atoms with Gasteiger partial charge >= 0.3 is 6.09 Å². The predicted molar refractivity (Wildman–Crippen MR) is 128 cm³/mol. The van der Waals surface area contributed by atoms with Gasteiger partial charge in [0, 0.05) is 37.0 Å². The van der Waals surface area contributed by atoms with Crippen LogP contribution in [0.15, 0.2) is 60.8 Å². The standard InChI is InChI=1S/C27H29N3O4/c1-26(2,3)34-25(33)29-17-20(19-11-7-8-12-22(19)29)21-15-28-24(32)27(21)14-13-23(31)30(27)16-18-9-5-4-6-10-18/h4-12,17,21H,13-16H2,1-3H3,(H,28,32)/t21-,27+/m1/s1. The number of likely N-dealkylation sites (tertiary alicyclic amines) is 1. The van der Waals surface area contributed by atoms with Crippen LogP contribution >= 0.6 is 0 Å². The number of aromatic nitrogens is 1. The van der Waals surface area contributed by atoms with Gasteiger partial charge in [0.25, 0.3) is 0 Å². The molecule has 7 heteroatoms. The van der Waals surface area contributed by atoms with Crippen molar-refractivity contribution in [1.82, 2.24) is 14.8 Å². The molecule has 2 aliphatic rings. The smallest absolute Gasteiger partial charge is 0.419 e. The van der Waals surface area contributed by atoms with Crippen LogP contribution in [0, 0.1) is 0 Å². The minimum atomic E-state index is -0.990. The molecular formula is C27H29N3O4. The third-order valence-electron chi connectivity index (χ3n) is 6.83. The van der Waals surface area contributed by atoms with E-state index >= 15 is 0 Å². The normalized spacial score (nSPS) is 22.6. The molecule has 176 valence electrons. The van der Waals surface area contributed by atoms with Gasteiger partial charge in [0.2, 0.25) is 11.8 Å². The van der Waals surface area contributed by atoms with Gasteiger partial charge in [-0.2, -0.15) is 0 Å². The molecule has 2 amide bonds. The van der Waals surface area contributed by atoms with E-state index in [1.165, 1.54) is 4.57 Å². The van der Waals surface area contributed by atoms with E-state index in [1.54, 1.807) is 11.1 Å². The van der Waals surface area contributed by atoms with E-state index in [0.717, 1.165) is 22.0 Å². The van der Waals surface area contributed by atoms with Crippen molar-refractivity contribution in [3.63, 3.8) is 0 Å². The van der Waals surface area contributed by atoms with E-state index in [9.17, 15) is 14.4 Å². The van der Waals surface area contributed by atoms with Crippen molar-refractivity contribution in [1.29, 1.82) is 0 Å². The summed E-state index contributed by atoms with van der Waals surface area (Å²) in [4.78, 5) is 41.2. The molecule has 34 heavy (non-hydrogen) atoms. The molecule has 5 rings (SSSR count). The number of hydrogen-bond acceptors (Lipinski definition) is 4. The van der Waals surface area contributed by atoms with Gasteiger partial charge in [0.05, 0.1) is 5.52 Å². The SMILES string of the molecule is CC(C)(C)OC(=O)n1cc([C@H]2CNC(=O)[C@]23CCC(=O)N3Cc2ccccc2)c2ccccc21. The van der Waals surface area contributed by atoms with Crippen LogP contribution in [0.5, 0.6) is 0 Å². The number of nitrogens with zero attached hydrogens (tertiary/aromatic N) is 2. The van der Waals surface area contributed by atoms with E-state index < -0.39 is 17.2 Å². The lowest BCUT2D eigenvalue weighted by molar-refractivity contribution is -0.140. The number of para-hydroxylation sites is 1. The maximum atomic E-state index is 13.4. The first-order chi connectivity index (χ1) is 16.2. The molecule has 1 spiro atoms. The molecule has 3 aromatic rings. The largest absolute Gasteiger partial charge is 0.443 e. The lowest BCUT2D eigenvalue weighted by Crippen LogP contribution is -2.53. The molecule has 3 heterocycles. The number of carbonyl (C=O) groups is 3. The van der Waals surface area contributed by atoms with Gasteiger partial charge in [0.15, 0.2) is 0 Å². The van der Waals surface area contributed by atoms with Crippen molar-refractivity contribution >= 4 is 28.8 Å². The molecule has 0 radical (unpaired) electrons. The topological polar surface area (TPSA) is 80.6 Å². The third kappa shape index (κ3) is 3.56. The highest BCUT2D eigenvalue weighted by Crippen LogP contribution is 2.47. The number of carbonyl (C=O) groups excluding carboxylic acids is 3. The summed E-state index contributed by atoms with van der Waals surface area (Å²) in [6.07, 6.45) is 2.09. The number of hydrogen-bond donors (Lipinski definition) is 1. The second-order valence-corrected chi connectivity index (χ2v) is 10.1. The number of fused-ring (bicyclic) bond motifs is 1. The maximum absolute atomic E-state index is 13.4.